The zero-order valence-electron chi connectivity index (χ0n) is 12.9. The summed E-state index contributed by atoms with van der Waals surface area (Å²) < 4.78 is 6.19. The Labute approximate surface area is 127 Å². The summed E-state index contributed by atoms with van der Waals surface area (Å²) in [7, 11) is 0. The predicted octanol–water partition coefficient (Wildman–Crippen LogP) is 4.25. The predicted molar refractivity (Wildman–Crippen MR) is 87.5 cm³/mol. The molecule has 0 bridgehead atoms. The summed E-state index contributed by atoms with van der Waals surface area (Å²) in [6.07, 6.45) is 8.33. The van der Waals surface area contributed by atoms with Gasteiger partial charge in [0.15, 0.2) is 0 Å². The number of hydrogen-bond donors (Lipinski definition) is 1. The monoisotopic (exact) mass is 295 g/mol. The van der Waals surface area contributed by atoms with Crippen LogP contribution in [0.25, 0.3) is 0 Å². The van der Waals surface area contributed by atoms with E-state index >= 15 is 0 Å². The molecular weight excluding hydrogens is 266 g/mol. The average molecular weight is 295 g/mol. The van der Waals surface area contributed by atoms with Crippen molar-refractivity contribution in [2.24, 2.45) is 5.92 Å². The van der Waals surface area contributed by atoms with Crippen molar-refractivity contribution >= 4 is 11.3 Å². The minimum absolute atomic E-state index is 0.375. The van der Waals surface area contributed by atoms with Gasteiger partial charge in [-0.3, -0.25) is 0 Å². The lowest BCUT2D eigenvalue weighted by atomic mass is 9.81. The normalized spacial score (nSPS) is 19.9. The highest BCUT2D eigenvalue weighted by Crippen LogP contribution is 2.30. The molecule has 0 amide bonds. The molecule has 0 saturated heterocycles. The number of nitrogens with one attached hydrogen (secondary N) is 1. The molecule has 2 atom stereocenters. The molecule has 20 heavy (non-hydrogen) atoms. The van der Waals surface area contributed by atoms with Gasteiger partial charge in [-0.05, 0) is 61.0 Å². The lowest BCUT2D eigenvalue weighted by Crippen LogP contribution is -2.47. The highest BCUT2D eigenvalue weighted by Gasteiger charge is 2.30. The largest absolute Gasteiger partial charge is 0.377 e. The van der Waals surface area contributed by atoms with E-state index in [0.29, 0.717) is 12.1 Å². The Morgan fingerprint density at radius 2 is 2.10 bits per heavy atom. The quantitative estimate of drug-likeness (QED) is 0.774. The van der Waals surface area contributed by atoms with Crippen LogP contribution in [-0.4, -0.2) is 25.3 Å². The summed E-state index contributed by atoms with van der Waals surface area (Å²) in [6, 6.07) is 2.71. The van der Waals surface area contributed by atoms with Crippen molar-refractivity contribution in [2.75, 3.05) is 13.2 Å². The summed E-state index contributed by atoms with van der Waals surface area (Å²) in [6.45, 7) is 6.17. The van der Waals surface area contributed by atoms with E-state index in [0.717, 1.165) is 25.5 Å². The highest BCUT2D eigenvalue weighted by molar-refractivity contribution is 7.07. The molecule has 114 valence electrons. The molecular formula is C17H29NOS. The number of thiophene rings is 1. The molecule has 1 N–H and O–H groups in total. The summed E-state index contributed by atoms with van der Waals surface area (Å²) in [5, 5.41) is 8.13. The maximum absolute atomic E-state index is 6.19. The molecule has 1 aliphatic rings. The average Bonchev–Trinajstić information content (AvgIpc) is 2.98. The summed E-state index contributed by atoms with van der Waals surface area (Å²) in [4.78, 5) is 0. The second kappa shape index (κ2) is 8.81. The molecule has 2 rings (SSSR count). The van der Waals surface area contributed by atoms with E-state index in [4.69, 9.17) is 4.74 Å². The molecule has 0 radical (unpaired) electrons. The van der Waals surface area contributed by atoms with Gasteiger partial charge in [0.1, 0.15) is 0 Å². The van der Waals surface area contributed by atoms with Crippen LogP contribution in [0.2, 0.25) is 0 Å². The van der Waals surface area contributed by atoms with Gasteiger partial charge in [-0.25, -0.2) is 0 Å². The van der Waals surface area contributed by atoms with Gasteiger partial charge in [0.25, 0.3) is 0 Å². The summed E-state index contributed by atoms with van der Waals surface area (Å²) in [5.74, 6) is 0.742. The molecule has 1 fully saturated rings. The van der Waals surface area contributed by atoms with Crippen molar-refractivity contribution in [3.05, 3.63) is 22.4 Å². The number of ether oxygens (including phenoxy) is 1. The Kier molecular flexibility index (Phi) is 7.05. The zero-order chi connectivity index (χ0) is 14.2. The van der Waals surface area contributed by atoms with Crippen molar-refractivity contribution in [3.8, 4) is 0 Å². The maximum Gasteiger partial charge on any atom is 0.0759 e. The molecule has 3 heteroatoms. The van der Waals surface area contributed by atoms with Crippen molar-refractivity contribution in [2.45, 2.75) is 64.5 Å². The van der Waals surface area contributed by atoms with Gasteiger partial charge in [0.05, 0.1) is 6.10 Å². The van der Waals surface area contributed by atoms with Crippen molar-refractivity contribution in [1.29, 1.82) is 0 Å². The maximum atomic E-state index is 6.19. The van der Waals surface area contributed by atoms with Gasteiger partial charge >= 0.3 is 0 Å². The fraction of sp³-hybridized carbons (Fsp3) is 0.765. The fourth-order valence-electron chi connectivity index (χ4n) is 3.47. The van der Waals surface area contributed by atoms with Crippen LogP contribution in [0, 0.1) is 5.92 Å². The third kappa shape index (κ3) is 4.57. The lowest BCUT2D eigenvalue weighted by Gasteiger charge is -2.36. The van der Waals surface area contributed by atoms with Crippen LogP contribution in [0.15, 0.2) is 16.8 Å². The Hall–Kier alpha value is -0.380. The second-order valence-corrected chi connectivity index (χ2v) is 6.60. The van der Waals surface area contributed by atoms with E-state index in [1.807, 2.05) is 0 Å². The molecule has 1 aromatic rings. The fourth-order valence-corrected chi connectivity index (χ4v) is 4.15. The second-order valence-electron chi connectivity index (χ2n) is 5.82. The first-order valence-corrected chi connectivity index (χ1v) is 9.15. The zero-order valence-corrected chi connectivity index (χ0v) is 13.8. The molecule has 2 unspecified atom stereocenters. The molecule has 1 aliphatic carbocycles. The van der Waals surface area contributed by atoms with E-state index in [1.54, 1.807) is 11.3 Å². The third-order valence-corrected chi connectivity index (χ3v) is 5.10. The first kappa shape index (κ1) is 16.0. The van der Waals surface area contributed by atoms with Crippen LogP contribution in [0.4, 0.5) is 0 Å². The Morgan fingerprint density at radius 1 is 1.30 bits per heavy atom. The van der Waals surface area contributed by atoms with Gasteiger partial charge in [-0.15, -0.1) is 0 Å². The molecule has 0 aromatic carbocycles. The molecule has 1 saturated carbocycles. The number of hydrogen-bond acceptors (Lipinski definition) is 3. The smallest absolute Gasteiger partial charge is 0.0759 e. The Morgan fingerprint density at radius 3 is 2.70 bits per heavy atom. The molecule has 0 aliphatic heterocycles. The third-order valence-electron chi connectivity index (χ3n) is 4.37. The van der Waals surface area contributed by atoms with Gasteiger partial charge in [-0.1, -0.05) is 26.2 Å². The first-order chi connectivity index (χ1) is 9.85. The lowest BCUT2D eigenvalue weighted by molar-refractivity contribution is -0.0171. The van der Waals surface area contributed by atoms with Crippen LogP contribution in [0.1, 0.15) is 51.5 Å². The summed E-state index contributed by atoms with van der Waals surface area (Å²) >= 11 is 1.79. The van der Waals surface area contributed by atoms with Crippen molar-refractivity contribution in [3.63, 3.8) is 0 Å². The van der Waals surface area contributed by atoms with E-state index in [-0.39, 0.29) is 0 Å². The molecule has 1 aromatic heterocycles. The molecule has 0 spiro atoms. The minimum Gasteiger partial charge on any atom is -0.377 e. The number of rotatable bonds is 8. The topological polar surface area (TPSA) is 21.3 Å². The van der Waals surface area contributed by atoms with E-state index in [2.05, 4.69) is 36.0 Å². The van der Waals surface area contributed by atoms with Gasteiger partial charge in [0.2, 0.25) is 0 Å². The SMILES string of the molecule is CCNC(Cc1ccsc1)C(OCC)C1CCCCC1. The minimum atomic E-state index is 0.375. The van der Waals surface area contributed by atoms with Crippen LogP contribution in [-0.2, 0) is 11.2 Å². The molecule has 2 nitrogen and oxygen atoms in total. The first-order valence-electron chi connectivity index (χ1n) is 8.21. The van der Waals surface area contributed by atoms with Crippen LogP contribution < -0.4 is 5.32 Å². The van der Waals surface area contributed by atoms with E-state index in [1.165, 1.54) is 37.7 Å². The van der Waals surface area contributed by atoms with Crippen LogP contribution >= 0.6 is 11.3 Å². The van der Waals surface area contributed by atoms with Crippen LogP contribution in [0.5, 0.6) is 0 Å². The van der Waals surface area contributed by atoms with Crippen LogP contribution in [0.3, 0.4) is 0 Å². The number of likely N-dealkylation sites (N-methyl/N-ethyl adjacent to an activating group) is 1. The Bertz CT molecular complexity index is 346. The standard InChI is InChI=1S/C17H29NOS/c1-3-18-16(12-14-10-11-20-13-14)17(19-4-2)15-8-6-5-7-9-15/h10-11,13,15-18H,3-9,12H2,1-2H3. The van der Waals surface area contributed by atoms with Crippen molar-refractivity contribution < 1.29 is 4.74 Å². The van der Waals surface area contributed by atoms with Gasteiger partial charge in [0, 0.05) is 12.6 Å². The molecule has 1 heterocycles. The van der Waals surface area contributed by atoms with Crippen molar-refractivity contribution in [1.82, 2.24) is 5.32 Å². The highest BCUT2D eigenvalue weighted by atomic mass is 32.1. The van der Waals surface area contributed by atoms with E-state index < -0.39 is 0 Å². The van der Waals surface area contributed by atoms with Gasteiger partial charge < -0.3 is 10.1 Å². The summed E-state index contributed by atoms with van der Waals surface area (Å²) in [5.41, 5.74) is 1.45. The van der Waals surface area contributed by atoms with E-state index in [9.17, 15) is 0 Å². The van der Waals surface area contributed by atoms with Gasteiger partial charge in [-0.2, -0.15) is 11.3 Å². The Balaban J connectivity index is 2.04.